The molecule has 1 saturated heterocycles. The van der Waals surface area contributed by atoms with Gasteiger partial charge in [0, 0.05) is 38.1 Å². The van der Waals surface area contributed by atoms with Gasteiger partial charge < -0.3 is 10.2 Å². The third kappa shape index (κ3) is 2.35. The van der Waals surface area contributed by atoms with Crippen LogP contribution in [0.5, 0.6) is 0 Å². The Morgan fingerprint density at radius 2 is 2.44 bits per heavy atom. The van der Waals surface area contributed by atoms with Gasteiger partial charge in [0.1, 0.15) is 12.4 Å². The molecule has 0 saturated carbocycles. The van der Waals surface area contributed by atoms with Crippen molar-refractivity contribution < 1.29 is 0 Å². The number of rotatable bonds is 3. The van der Waals surface area contributed by atoms with E-state index in [1.54, 1.807) is 6.20 Å². The van der Waals surface area contributed by atoms with Crippen LogP contribution < -0.4 is 10.2 Å². The topological polar surface area (TPSA) is 74.7 Å². The number of aromatic amines is 1. The van der Waals surface area contributed by atoms with Crippen molar-refractivity contribution >= 4 is 5.95 Å². The summed E-state index contributed by atoms with van der Waals surface area (Å²) in [5.41, 5.74) is 0. The molecule has 96 valence electrons. The van der Waals surface area contributed by atoms with Crippen molar-refractivity contribution in [2.24, 2.45) is 0 Å². The zero-order valence-corrected chi connectivity index (χ0v) is 10.4. The van der Waals surface area contributed by atoms with E-state index in [9.17, 15) is 0 Å². The highest BCUT2D eigenvalue weighted by atomic mass is 15.4. The fourth-order valence-corrected chi connectivity index (χ4v) is 2.16. The Morgan fingerprint density at radius 3 is 3.22 bits per heavy atom. The van der Waals surface area contributed by atoms with Gasteiger partial charge in [-0.2, -0.15) is 10.1 Å². The largest absolute Gasteiger partial charge is 0.337 e. The third-order valence-electron chi connectivity index (χ3n) is 3.04. The Balaban J connectivity index is 1.69. The van der Waals surface area contributed by atoms with Crippen LogP contribution in [0, 0.1) is 0 Å². The van der Waals surface area contributed by atoms with Gasteiger partial charge in [-0.05, 0) is 13.0 Å². The van der Waals surface area contributed by atoms with Crippen LogP contribution in [0.15, 0.2) is 18.5 Å². The van der Waals surface area contributed by atoms with Crippen LogP contribution in [0.25, 0.3) is 0 Å². The zero-order chi connectivity index (χ0) is 12.4. The highest BCUT2D eigenvalue weighted by Crippen LogP contribution is 2.10. The average molecular weight is 247 g/mol. The first-order valence-electron chi connectivity index (χ1n) is 6.18. The molecule has 2 aromatic heterocycles. The minimum absolute atomic E-state index is 0.479. The van der Waals surface area contributed by atoms with Gasteiger partial charge in [-0.3, -0.25) is 9.78 Å². The van der Waals surface area contributed by atoms with Gasteiger partial charge in [-0.1, -0.05) is 0 Å². The first kappa shape index (κ1) is 11.2. The second-order valence-corrected chi connectivity index (χ2v) is 4.59. The Morgan fingerprint density at radius 1 is 1.50 bits per heavy atom. The van der Waals surface area contributed by atoms with Crippen LogP contribution in [0.4, 0.5) is 5.95 Å². The summed E-state index contributed by atoms with van der Waals surface area (Å²) in [6.45, 7) is 5.66. The van der Waals surface area contributed by atoms with Crippen LogP contribution in [-0.4, -0.2) is 50.6 Å². The van der Waals surface area contributed by atoms with Gasteiger partial charge in [0.25, 0.3) is 0 Å². The lowest BCUT2D eigenvalue weighted by Gasteiger charge is -2.30. The van der Waals surface area contributed by atoms with Gasteiger partial charge in [0.2, 0.25) is 5.95 Å². The smallest absolute Gasteiger partial charge is 0.244 e. The number of hydrogen-bond donors (Lipinski definition) is 2. The lowest BCUT2D eigenvalue weighted by atomic mass is 10.2. The van der Waals surface area contributed by atoms with E-state index in [0.29, 0.717) is 12.6 Å². The zero-order valence-electron chi connectivity index (χ0n) is 10.4. The number of anilines is 1. The van der Waals surface area contributed by atoms with E-state index in [2.05, 4.69) is 37.4 Å². The second kappa shape index (κ2) is 4.77. The molecule has 2 aromatic rings. The first-order valence-corrected chi connectivity index (χ1v) is 6.18. The maximum absolute atomic E-state index is 4.51. The molecule has 3 rings (SSSR count). The molecule has 1 aliphatic heterocycles. The molecule has 0 amide bonds. The number of hydrogen-bond acceptors (Lipinski definition) is 5. The molecule has 7 heteroatoms. The van der Waals surface area contributed by atoms with Gasteiger partial charge in [0.15, 0.2) is 0 Å². The summed E-state index contributed by atoms with van der Waals surface area (Å²) in [5, 5.41) is 14.8. The Bertz CT molecular complexity index is 489. The predicted molar refractivity (Wildman–Crippen MR) is 67.4 cm³/mol. The van der Waals surface area contributed by atoms with Crippen molar-refractivity contribution in [3.63, 3.8) is 0 Å². The molecular weight excluding hydrogens is 230 g/mol. The van der Waals surface area contributed by atoms with Crippen molar-refractivity contribution in [1.82, 2.24) is 30.3 Å². The summed E-state index contributed by atoms with van der Waals surface area (Å²) >= 11 is 0. The third-order valence-corrected chi connectivity index (χ3v) is 3.04. The number of H-pyrrole nitrogens is 1. The van der Waals surface area contributed by atoms with Gasteiger partial charge in [-0.25, -0.2) is 0 Å². The molecule has 3 heterocycles. The highest BCUT2D eigenvalue weighted by Gasteiger charge is 2.19. The van der Waals surface area contributed by atoms with E-state index in [4.69, 9.17) is 0 Å². The van der Waals surface area contributed by atoms with E-state index in [1.165, 1.54) is 0 Å². The van der Waals surface area contributed by atoms with Crippen LogP contribution >= 0.6 is 0 Å². The maximum atomic E-state index is 4.51. The standard InChI is InChI=1S/C11H17N7/c1-9-7-17(6-4-12-9)11-14-10(15-16-11)8-18-5-2-3-13-18/h2-3,5,9,12H,4,6-8H2,1H3,(H,14,15,16)/t9-/m0/s1. The Hall–Kier alpha value is -1.89. The van der Waals surface area contributed by atoms with Crippen LogP contribution in [0.2, 0.25) is 0 Å². The van der Waals surface area contributed by atoms with Gasteiger partial charge >= 0.3 is 0 Å². The van der Waals surface area contributed by atoms with E-state index >= 15 is 0 Å². The normalized spacial score (nSPS) is 20.3. The molecular formula is C11H17N7. The molecule has 0 spiro atoms. The monoisotopic (exact) mass is 247 g/mol. The average Bonchev–Trinajstić information content (AvgIpc) is 3.01. The number of nitrogens with zero attached hydrogens (tertiary/aromatic N) is 5. The van der Waals surface area contributed by atoms with E-state index < -0.39 is 0 Å². The summed E-state index contributed by atoms with van der Waals surface area (Å²) in [7, 11) is 0. The summed E-state index contributed by atoms with van der Waals surface area (Å²) in [4.78, 5) is 6.71. The van der Waals surface area contributed by atoms with Gasteiger partial charge in [0.05, 0.1) is 0 Å². The molecule has 0 bridgehead atoms. The van der Waals surface area contributed by atoms with Crippen molar-refractivity contribution in [1.29, 1.82) is 0 Å². The fraction of sp³-hybridized carbons (Fsp3) is 0.545. The molecule has 1 atom stereocenters. The van der Waals surface area contributed by atoms with Crippen molar-refractivity contribution in [3.8, 4) is 0 Å². The van der Waals surface area contributed by atoms with E-state index in [1.807, 2.05) is 16.9 Å². The van der Waals surface area contributed by atoms with E-state index in [-0.39, 0.29) is 0 Å². The maximum Gasteiger partial charge on any atom is 0.244 e. The molecule has 1 aliphatic rings. The lowest BCUT2D eigenvalue weighted by Crippen LogP contribution is -2.49. The molecule has 2 N–H and O–H groups in total. The van der Waals surface area contributed by atoms with Crippen molar-refractivity contribution in [2.45, 2.75) is 19.5 Å². The first-order chi connectivity index (χ1) is 8.81. The van der Waals surface area contributed by atoms with Crippen molar-refractivity contribution in [3.05, 3.63) is 24.3 Å². The number of piperazine rings is 1. The second-order valence-electron chi connectivity index (χ2n) is 4.59. The van der Waals surface area contributed by atoms with Crippen LogP contribution in [0.1, 0.15) is 12.7 Å². The van der Waals surface area contributed by atoms with Crippen molar-refractivity contribution in [2.75, 3.05) is 24.5 Å². The Labute approximate surface area is 105 Å². The summed E-state index contributed by atoms with van der Waals surface area (Å²) in [6.07, 6.45) is 3.67. The fourth-order valence-electron chi connectivity index (χ4n) is 2.16. The Kier molecular flexibility index (Phi) is 2.97. The number of nitrogens with one attached hydrogen (secondary N) is 2. The quantitative estimate of drug-likeness (QED) is 0.789. The molecule has 0 aliphatic carbocycles. The summed E-state index contributed by atoms with van der Waals surface area (Å²) in [5.74, 6) is 1.62. The summed E-state index contributed by atoms with van der Waals surface area (Å²) < 4.78 is 1.82. The molecule has 18 heavy (non-hydrogen) atoms. The van der Waals surface area contributed by atoms with Gasteiger partial charge in [-0.15, -0.1) is 5.10 Å². The lowest BCUT2D eigenvalue weighted by molar-refractivity contribution is 0.479. The molecule has 0 unspecified atom stereocenters. The highest BCUT2D eigenvalue weighted by molar-refractivity contribution is 5.30. The molecule has 0 aromatic carbocycles. The van der Waals surface area contributed by atoms with Crippen LogP contribution in [-0.2, 0) is 6.54 Å². The number of aromatic nitrogens is 5. The summed E-state index contributed by atoms with van der Waals surface area (Å²) in [6, 6.07) is 2.38. The molecule has 7 nitrogen and oxygen atoms in total. The van der Waals surface area contributed by atoms with E-state index in [0.717, 1.165) is 31.4 Å². The molecule has 1 fully saturated rings. The minimum Gasteiger partial charge on any atom is -0.337 e. The SMILES string of the molecule is C[C@H]1CN(c2n[nH]c(Cn3cccn3)n2)CCN1. The molecule has 0 radical (unpaired) electrons. The predicted octanol–water partition coefficient (Wildman–Crippen LogP) is -0.152. The van der Waals surface area contributed by atoms with Crippen LogP contribution in [0.3, 0.4) is 0 Å². The minimum atomic E-state index is 0.479.